The molecule has 1 amide bonds. The molecular formula is C17H23NO2S. The van der Waals surface area contributed by atoms with E-state index in [1.54, 1.807) is 11.8 Å². The number of carbonyl (C=O) groups excluding carboxylic acids is 1. The number of thioether (sulfide) groups is 1. The molecule has 2 heterocycles. The second kappa shape index (κ2) is 6.41. The number of benzene rings is 1. The average Bonchev–Trinajstić information content (AvgIpc) is 2.56. The van der Waals surface area contributed by atoms with Gasteiger partial charge in [0.25, 0.3) is 5.91 Å². The summed E-state index contributed by atoms with van der Waals surface area (Å²) in [6.45, 7) is 3.57. The second-order valence-electron chi connectivity index (χ2n) is 6.13. The highest BCUT2D eigenvalue weighted by Gasteiger charge is 2.37. The lowest BCUT2D eigenvalue weighted by Crippen LogP contribution is -2.45. The van der Waals surface area contributed by atoms with Crippen molar-refractivity contribution >= 4 is 17.7 Å². The molecule has 1 aromatic carbocycles. The summed E-state index contributed by atoms with van der Waals surface area (Å²) in [5, 5.41) is 0. The van der Waals surface area contributed by atoms with Gasteiger partial charge in [-0.05, 0) is 61.6 Å². The van der Waals surface area contributed by atoms with Crippen LogP contribution in [0.25, 0.3) is 0 Å². The molecule has 3 rings (SSSR count). The Bertz CT molecular complexity index is 484. The van der Waals surface area contributed by atoms with Crippen LogP contribution in [0, 0.1) is 5.41 Å². The third-order valence-corrected chi connectivity index (χ3v) is 5.75. The van der Waals surface area contributed by atoms with Crippen LogP contribution in [0.1, 0.15) is 36.0 Å². The molecule has 0 radical (unpaired) electrons. The van der Waals surface area contributed by atoms with E-state index in [9.17, 15) is 4.79 Å². The quantitative estimate of drug-likeness (QED) is 0.784. The highest BCUT2D eigenvalue weighted by Crippen LogP contribution is 2.40. The van der Waals surface area contributed by atoms with Gasteiger partial charge in [0.05, 0.1) is 0 Å². The zero-order valence-corrected chi connectivity index (χ0v) is 13.5. The first-order valence-electron chi connectivity index (χ1n) is 7.74. The van der Waals surface area contributed by atoms with Crippen LogP contribution >= 0.6 is 11.8 Å². The van der Waals surface area contributed by atoms with E-state index in [1.165, 1.54) is 4.90 Å². The van der Waals surface area contributed by atoms with Gasteiger partial charge in [-0.3, -0.25) is 4.79 Å². The smallest absolute Gasteiger partial charge is 0.253 e. The van der Waals surface area contributed by atoms with E-state index < -0.39 is 0 Å². The van der Waals surface area contributed by atoms with Crippen LogP contribution in [-0.2, 0) is 4.74 Å². The van der Waals surface area contributed by atoms with Gasteiger partial charge < -0.3 is 9.64 Å². The third kappa shape index (κ3) is 3.27. The Morgan fingerprint density at radius 3 is 2.29 bits per heavy atom. The van der Waals surface area contributed by atoms with Crippen molar-refractivity contribution in [1.82, 2.24) is 4.90 Å². The largest absolute Gasteiger partial charge is 0.381 e. The van der Waals surface area contributed by atoms with Gasteiger partial charge >= 0.3 is 0 Å². The Balaban J connectivity index is 1.61. The van der Waals surface area contributed by atoms with Crippen LogP contribution in [0.4, 0.5) is 0 Å². The van der Waals surface area contributed by atoms with Crippen molar-refractivity contribution in [3.63, 3.8) is 0 Å². The standard InChI is InChI=1S/C17H23NO2S/c1-21-15-4-2-14(3-5-15)16(19)18-10-6-17(7-11-18)8-12-20-13-9-17/h2-5H,6-13H2,1H3. The predicted molar refractivity (Wildman–Crippen MR) is 85.8 cm³/mol. The topological polar surface area (TPSA) is 29.5 Å². The predicted octanol–water partition coefficient (Wildman–Crippen LogP) is 3.44. The monoisotopic (exact) mass is 305 g/mol. The molecule has 0 saturated carbocycles. The van der Waals surface area contributed by atoms with Crippen molar-refractivity contribution in [2.75, 3.05) is 32.6 Å². The van der Waals surface area contributed by atoms with Gasteiger partial charge in [0.1, 0.15) is 0 Å². The normalized spacial score (nSPS) is 21.5. The molecule has 1 aromatic rings. The highest BCUT2D eigenvalue weighted by atomic mass is 32.2. The molecular weight excluding hydrogens is 282 g/mol. The summed E-state index contributed by atoms with van der Waals surface area (Å²) in [6, 6.07) is 7.96. The zero-order valence-electron chi connectivity index (χ0n) is 12.6. The molecule has 0 N–H and O–H groups in total. The Morgan fingerprint density at radius 1 is 1.10 bits per heavy atom. The first kappa shape index (κ1) is 14.9. The molecule has 2 fully saturated rings. The number of ether oxygens (including phenoxy) is 1. The zero-order chi connectivity index (χ0) is 14.7. The highest BCUT2D eigenvalue weighted by molar-refractivity contribution is 7.98. The summed E-state index contributed by atoms with van der Waals surface area (Å²) >= 11 is 1.70. The van der Waals surface area contributed by atoms with Gasteiger partial charge in [0.2, 0.25) is 0 Å². The van der Waals surface area contributed by atoms with Crippen molar-refractivity contribution in [1.29, 1.82) is 0 Å². The molecule has 0 aliphatic carbocycles. The molecule has 4 heteroatoms. The van der Waals surface area contributed by atoms with Gasteiger partial charge in [-0.1, -0.05) is 0 Å². The maximum atomic E-state index is 12.6. The molecule has 21 heavy (non-hydrogen) atoms. The van der Waals surface area contributed by atoms with Crippen molar-refractivity contribution in [3.8, 4) is 0 Å². The Kier molecular flexibility index (Phi) is 4.55. The van der Waals surface area contributed by atoms with Gasteiger partial charge in [-0.15, -0.1) is 11.8 Å². The Hall–Kier alpha value is -1.00. The number of likely N-dealkylation sites (tertiary alicyclic amines) is 1. The number of hydrogen-bond acceptors (Lipinski definition) is 3. The average molecular weight is 305 g/mol. The Labute approximate surface area is 131 Å². The number of amides is 1. The van der Waals surface area contributed by atoms with Crippen LogP contribution < -0.4 is 0 Å². The molecule has 114 valence electrons. The maximum Gasteiger partial charge on any atom is 0.253 e. The lowest BCUT2D eigenvalue weighted by atomic mass is 9.72. The minimum atomic E-state index is 0.185. The van der Waals surface area contributed by atoms with E-state index in [2.05, 4.69) is 6.26 Å². The van der Waals surface area contributed by atoms with Crippen molar-refractivity contribution in [2.24, 2.45) is 5.41 Å². The van der Waals surface area contributed by atoms with E-state index in [0.717, 1.165) is 57.6 Å². The van der Waals surface area contributed by atoms with Gasteiger partial charge in [-0.2, -0.15) is 0 Å². The van der Waals surface area contributed by atoms with Gasteiger partial charge in [-0.25, -0.2) is 0 Å². The van der Waals surface area contributed by atoms with Crippen LogP contribution in [0.3, 0.4) is 0 Å². The summed E-state index contributed by atoms with van der Waals surface area (Å²) in [5.41, 5.74) is 1.26. The van der Waals surface area contributed by atoms with E-state index in [0.29, 0.717) is 5.41 Å². The number of nitrogens with zero attached hydrogens (tertiary/aromatic N) is 1. The molecule has 2 aliphatic rings. The molecule has 0 aromatic heterocycles. The van der Waals surface area contributed by atoms with E-state index in [1.807, 2.05) is 29.2 Å². The minimum absolute atomic E-state index is 0.185. The van der Waals surface area contributed by atoms with Crippen LogP contribution in [0.5, 0.6) is 0 Å². The van der Waals surface area contributed by atoms with Crippen LogP contribution in [-0.4, -0.2) is 43.4 Å². The molecule has 0 unspecified atom stereocenters. The number of carbonyl (C=O) groups is 1. The third-order valence-electron chi connectivity index (χ3n) is 5.00. The summed E-state index contributed by atoms with van der Waals surface area (Å²) in [5.74, 6) is 0.185. The summed E-state index contributed by atoms with van der Waals surface area (Å²) < 4.78 is 5.48. The fourth-order valence-electron chi connectivity index (χ4n) is 3.40. The number of hydrogen-bond donors (Lipinski definition) is 0. The minimum Gasteiger partial charge on any atom is -0.381 e. The molecule has 0 atom stereocenters. The van der Waals surface area contributed by atoms with E-state index in [4.69, 9.17) is 4.74 Å². The van der Waals surface area contributed by atoms with Crippen LogP contribution in [0.2, 0.25) is 0 Å². The Morgan fingerprint density at radius 2 is 1.71 bits per heavy atom. The maximum absolute atomic E-state index is 12.6. The van der Waals surface area contributed by atoms with Gasteiger partial charge in [0.15, 0.2) is 0 Å². The molecule has 2 aliphatic heterocycles. The van der Waals surface area contributed by atoms with Crippen molar-refractivity contribution in [3.05, 3.63) is 29.8 Å². The summed E-state index contributed by atoms with van der Waals surface area (Å²) in [6.07, 6.45) is 6.64. The van der Waals surface area contributed by atoms with Crippen molar-refractivity contribution in [2.45, 2.75) is 30.6 Å². The lowest BCUT2D eigenvalue weighted by Gasteiger charge is -2.44. The fourth-order valence-corrected chi connectivity index (χ4v) is 3.81. The molecule has 3 nitrogen and oxygen atoms in total. The summed E-state index contributed by atoms with van der Waals surface area (Å²) in [7, 11) is 0. The van der Waals surface area contributed by atoms with Crippen LogP contribution in [0.15, 0.2) is 29.2 Å². The SMILES string of the molecule is CSc1ccc(C(=O)N2CCC3(CCOCC3)CC2)cc1. The fraction of sp³-hybridized carbons (Fsp3) is 0.588. The number of piperidine rings is 1. The van der Waals surface area contributed by atoms with Crippen molar-refractivity contribution < 1.29 is 9.53 Å². The van der Waals surface area contributed by atoms with E-state index in [-0.39, 0.29) is 5.91 Å². The molecule has 2 saturated heterocycles. The summed E-state index contributed by atoms with van der Waals surface area (Å²) in [4.78, 5) is 15.8. The second-order valence-corrected chi connectivity index (χ2v) is 7.01. The molecule has 0 bridgehead atoms. The number of rotatable bonds is 2. The first-order chi connectivity index (χ1) is 10.2. The van der Waals surface area contributed by atoms with Gasteiger partial charge in [0, 0.05) is 36.8 Å². The molecule has 1 spiro atoms. The van der Waals surface area contributed by atoms with E-state index >= 15 is 0 Å². The first-order valence-corrected chi connectivity index (χ1v) is 8.96. The lowest BCUT2D eigenvalue weighted by molar-refractivity contribution is -0.0175.